The Morgan fingerprint density at radius 2 is 1.30 bits per heavy atom. The highest BCUT2D eigenvalue weighted by Gasteiger charge is 2.42. The molecule has 0 aromatic carbocycles. The zero-order valence-electron chi connectivity index (χ0n) is 15.2. The molecule has 0 aliphatic carbocycles. The number of aliphatic hydroxyl groups excluding tert-OH is 3. The fourth-order valence-corrected chi connectivity index (χ4v) is 5.34. The smallest absolute Gasteiger partial charge is 0.394 e. The van der Waals surface area contributed by atoms with Gasteiger partial charge in [0.05, 0.1) is 25.4 Å². The molecule has 2 saturated heterocycles. The van der Waals surface area contributed by atoms with Crippen molar-refractivity contribution in [2.75, 3.05) is 13.2 Å². The maximum absolute atomic E-state index is 11.3. The van der Waals surface area contributed by atoms with E-state index in [4.69, 9.17) is 55.0 Å². The van der Waals surface area contributed by atoms with Gasteiger partial charge in [-0.25, -0.2) is 13.7 Å². The predicted molar refractivity (Wildman–Crippen MR) is 97.0 cm³/mol. The van der Waals surface area contributed by atoms with Crippen molar-refractivity contribution < 1.29 is 71.2 Å². The predicted octanol–water partition coefficient (Wildman–Crippen LogP) is -2.40. The van der Waals surface area contributed by atoms with Gasteiger partial charge in [0, 0.05) is 12.0 Å². The largest absolute Gasteiger partial charge is 0.490 e. The van der Waals surface area contributed by atoms with Gasteiger partial charge >= 0.3 is 23.5 Å². The first-order chi connectivity index (χ1) is 13.5. The first kappa shape index (κ1) is 28.4. The van der Waals surface area contributed by atoms with E-state index in [-0.39, 0.29) is 13.0 Å². The number of rotatable bonds is 8. The van der Waals surface area contributed by atoms with Crippen molar-refractivity contribution in [2.45, 2.75) is 49.3 Å². The Morgan fingerprint density at radius 1 is 0.833 bits per heavy atom. The second kappa shape index (κ2) is 11.5. The van der Waals surface area contributed by atoms with Crippen LogP contribution < -0.4 is 0 Å². The first-order valence-corrected chi connectivity index (χ1v) is 12.6. The lowest BCUT2D eigenvalue weighted by molar-refractivity contribution is -0.00422. The summed E-state index contributed by atoms with van der Waals surface area (Å²) in [6.07, 6.45) is -2.77. The molecular weight excluding hydrogens is 475 g/mol. The molecule has 2 aliphatic rings. The molecule has 0 aromatic rings. The third-order valence-corrected chi connectivity index (χ3v) is 7.31. The minimum atomic E-state index is -5.55. The van der Waals surface area contributed by atoms with E-state index in [9.17, 15) is 18.8 Å². The van der Waals surface area contributed by atoms with Crippen LogP contribution in [0.1, 0.15) is 12.8 Å². The molecule has 4 radical (unpaired) electrons. The Morgan fingerprint density at radius 3 is 1.63 bits per heavy atom. The van der Waals surface area contributed by atoms with Crippen LogP contribution in [0.25, 0.3) is 0 Å². The van der Waals surface area contributed by atoms with Crippen molar-refractivity contribution in [2.24, 2.45) is 0 Å². The van der Waals surface area contributed by atoms with Gasteiger partial charge in [0.2, 0.25) is 0 Å². The highest BCUT2D eigenvalue weighted by atomic mass is 31.3. The van der Waals surface area contributed by atoms with Crippen LogP contribution in [-0.4, -0.2) is 100 Å². The summed E-state index contributed by atoms with van der Waals surface area (Å²) < 4.78 is 53.8. The molecule has 8 atom stereocenters. The molecule has 172 valence electrons. The molecule has 2 rings (SSSR count). The standard InChI is InChI=1S/C5H12BO12P3.C5H9BO3/c6-5-1-3(7)4(16-5)2-15-20(11,12)18-21(13,14)17-19(8,9)10;6-5-1-3(8)4(2-7)9-5/h3-5,7H,1-2H2,(H,11,12)(H,13,14)(H2,8,9,10);3-5,7-8H,1-2H2. The summed E-state index contributed by atoms with van der Waals surface area (Å²) >= 11 is 0. The van der Waals surface area contributed by atoms with Crippen molar-refractivity contribution in [1.82, 2.24) is 0 Å². The normalized spacial score (nSPS) is 35.8. The van der Waals surface area contributed by atoms with E-state index in [0.717, 1.165) is 0 Å². The van der Waals surface area contributed by atoms with Crippen LogP contribution in [0.15, 0.2) is 0 Å². The van der Waals surface area contributed by atoms with E-state index < -0.39 is 66.5 Å². The van der Waals surface area contributed by atoms with Gasteiger partial charge in [-0.1, -0.05) is 0 Å². The molecule has 20 heteroatoms. The molecule has 2 aliphatic heterocycles. The van der Waals surface area contributed by atoms with Crippen molar-refractivity contribution in [1.29, 1.82) is 0 Å². The second-order valence-electron chi connectivity index (χ2n) is 6.10. The van der Waals surface area contributed by atoms with Gasteiger partial charge in [-0.2, -0.15) is 8.62 Å². The van der Waals surface area contributed by atoms with Crippen LogP contribution in [0, 0.1) is 0 Å². The molecule has 0 spiro atoms. The lowest BCUT2D eigenvalue weighted by Crippen LogP contribution is -2.26. The summed E-state index contributed by atoms with van der Waals surface area (Å²) in [7, 11) is -5.57. The molecule has 0 amide bonds. The van der Waals surface area contributed by atoms with Gasteiger partial charge in [-0.3, -0.25) is 4.52 Å². The Balaban J connectivity index is 0.000000414. The van der Waals surface area contributed by atoms with Gasteiger partial charge in [0.15, 0.2) is 0 Å². The van der Waals surface area contributed by atoms with Crippen LogP contribution in [0.5, 0.6) is 0 Å². The third kappa shape index (κ3) is 10.8. The van der Waals surface area contributed by atoms with E-state index >= 15 is 0 Å². The number of phosphoric ester groups is 1. The zero-order valence-corrected chi connectivity index (χ0v) is 17.9. The molecule has 0 aromatic heterocycles. The number of phosphoric acid groups is 3. The number of aliphatic hydroxyl groups is 3. The maximum atomic E-state index is 11.3. The van der Waals surface area contributed by atoms with Crippen LogP contribution in [0.4, 0.5) is 0 Å². The van der Waals surface area contributed by atoms with E-state index in [1.54, 1.807) is 0 Å². The van der Waals surface area contributed by atoms with Crippen molar-refractivity contribution in [3.8, 4) is 0 Å². The molecule has 2 heterocycles. The molecule has 0 bridgehead atoms. The fourth-order valence-electron chi connectivity index (χ4n) is 2.31. The topological polar surface area (TPSA) is 239 Å². The second-order valence-corrected chi connectivity index (χ2v) is 10.5. The maximum Gasteiger partial charge on any atom is 0.490 e. The summed E-state index contributed by atoms with van der Waals surface area (Å²) in [5.74, 6) is 0. The zero-order chi connectivity index (χ0) is 23.3. The lowest BCUT2D eigenvalue weighted by atomic mass is 9.96. The van der Waals surface area contributed by atoms with Crippen molar-refractivity contribution in [3.05, 3.63) is 0 Å². The van der Waals surface area contributed by atoms with Gasteiger partial charge in [0.25, 0.3) is 0 Å². The number of ether oxygens (including phenoxy) is 2. The quantitative estimate of drug-likeness (QED) is 0.137. The Kier molecular flexibility index (Phi) is 10.8. The van der Waals surface area contributed by atoms with Gasteiger partial charge in [0.1, 0.15) is 27.9 Å². The Bertz CT molecular complexity index is 690. The summed E-state index contributed by atoms with van der Waals surface area (Å²) in [6, 6.07) is -1.22. The molecule has 7 N–H and O–H groups in total. The average Bonchev–Trinajstić information content (AvgIpc) is 3.02. The summed E-state index contributed by atoms with van der Waals surface area (Å²) in [5, 5.41) is 26.9. The summed E-state index contributed by atoms with van der Waals surface area (Å²) in [6.45, 7) is -0.882. The van der Waals surface area contributed by atoms with Crippen LogP contribution in [-0.2, 0) is 36.3 Å². The number of hydrogen-bond donors (Lipinski definition) is 7. The van der Waals surface area contributed by atoms with Crippen LogP contribution >= 0.6 is 23.5 Å². The SMILES string of the molecule is [B]C1CC(O)C(CO)O1.[B]C1CC(O)C(COP(=O)(O)OP(=O)(O)OP(=O)(O)O)O1. The van der Waals surface area contributed by atoms with E-state index in [0.29, 0.717) is 6.42 Å². The molecule has 30 heavy (non-hydrogen) atoms. The van der Waals surface area contributed by atoms with Crippen molar-refractivity contribution in [3.63, 3.8) is 0 Å². The molecule has 2 fully saturated rings. The minimum absolute atomic E-state index is 0.0461. The number of hydrogen-bond acceptors (Lipinski definition) is 11. The fraction of sp³-hybridized carbons (Fsp3) is 1.00. The summed E-state index contributed by atoms with van der Waals surface area (Å²) in [4.78, 5) is 34.6. The molecular formula is C10H21B2O15P3. The molecule has 15 nitrogen and oxygen atoms in total. The molecule has 0 saturated carbocycles. The third-order valence-electron chi connectivity index (χ3n) is 3.50. The van der Waals surface area contributed by atoms with Crippen LogP contribution in [0.3, 0.4) is 0 Å². The monoisotopic (exact) mass is 496 g/mol. The van der Waals surface area contributed by atoms with Crippen LogP contribution in [0.2, 0.25) is 0 Å². The van der Waals surface area contributed by atoms with E-state index in [2.05, 4.69) is 13.1 Å². The van der Waals surface area contributed by atoms with Gasteiger partial charge < -0.3 is 44.4 Å². The van der Waals surface area contributed by atoms with E-state index in [1.807, 2.05) is 0 Å². The summed E-state index contributed by atoms with van der Waals surface area (Å²) in [5.41, 5.74) is 0. The first-order valence-electron chi connectivity index (χ1n) is 8.11. The highest BCUT2D eigenvalue weighted by Crippen LogP contribution is 2.66. The van der Waals surface area contributed by atoms with Gasteiger partial charge in [-0.05, 0) is 12.8 Å². The Labute approximate surface area is 173 Å². The Hall–Kier alpha value is 0.340. The lowest BCUT2D eigenvalue weighted by Gasteiger charge is -2.19. The van der Waals surface area contributed by atoms with Crippen molar-refractivity contribution >= 4 is 39.2 Å². The highest BCUT2D eigenvalue weighted by molar-refractivity contribution is 7.66. The average molecular weight is 496 g/mol. The van der Waals surface area contributed by atoms with E-state index in [1.165, 1.54) is 0 Å². The minimum Gasteiger partial charge on any atom is -0.394 e. The molecule has 8 unspecified atom stereocenters. The van der Waals surface area contributed by atoms with Gasteiger partial charge in [-0.15, -0.1) is 0 Å².